The van der Waals surface area contributed by atoms with Crippen molar-refractivity contribution in [1.82, 2.24) is 0 Å². The van der Waals surface area contributed by atoms with Crippen molar-refractivity contribution in [1.29, 1.82) is 0 Å². The number of carbonyl (C=O) groups excluding carboxylic acids is 2. The van der Waals surface area contributed by atoms with Crippen LogP contribution >= 0.6 is 0 Å². The summed E-state index contributed by atoms with van der Waals surface area (Å²) in [7, 11) is 0. The molecular weight excluding hydrogens is 359 g/mol. The molecule has 0 bridgehead atoms. The number of benzene rings is 3. The number of hydrogen-bond donors (Lipinski definition) is 1. The number of nitrogens with one attached hydrogen (secondary N) is 1. The summed E-state index contributed by atoms with van der Waals surface area (Å²) in [6.45, 7) is -0.553. The molecule has 7 heteroatoms. The molecule has 0 aliphatic rings. The van der Waals surface area contributed by atoms with Gasteiger partial charge in [-0.1, -0.05) is 36.4 Å². The lowest BCUT2D eigenvalue weighted by atomic mass is 10.1. The van der Waals surface area contributed by atoms with Crippen molar-refractivity contribution in [3.05, 3.63) is 77.9 Å². The van der Waals surface area contributed by atoms with Gasteiger partial charge >= 0.3 is 12.1 Å². The fraction of sp³-hybridized carbons (Fsp3) is 0.100. The van der Waals surface area contributed by atoms with Crippen LogP contribution in [-0.2, 0) is 15.7 Å². The van der Waals surface area contributed by atoms with E-state index >= 15 is 0 Å². The van der Waals surface area contributed by atoms with Crippen molar-refractivity contribution in [2.24, 2.45) is 0 Å². The Hall–Kier alpha value is -3.35. The normalized spacial score (nSPS) is 11.2. The lowest BCUT2D eigenvalue weighted by Gasteiger charge is -2.10. The first-order valence-electron chi connectivity index (χ1n) is 7.96. The van der Waals surface area contributed by atoms with E-state index in [1.165, 1.54) is 0 Å². The van der Waals surface area contributed by atoms with Crippen molar-refractivity contribution in [2.75, 3.05) is 11.9 Å². The molecule has 0 aliphatic heterocycles. The van der Waals surface area contributed by atoms with Crippen LogP contribution < -0.4 is 5.32 Å². The predicted octanol–water partition coefficient (Wildman–Crippen LogP) is 4.65. The summed E-state index contributed by atoms with van der Waals surface area (Å²) in [5.41, 5.74) is -0.312. The summed E-state index contributed by atoms with van der Waals surface area (Å²) in [5, 5.41) is 3.95. The quantitative estimate of drug-likeness (QED) is 0.677. The van der Waals surface area contributed by atoms with Crippen molar-refractivity contribution >= 4 is 28.3 Å². The van der Waals surface area contributed by atoms with Gasteiger partial charge in [0.1, 0.15) is 0 Å². The van der Waals surface area contributed by atoms with Gasteiger partial charge in [0.2, 0.25) is 0 Å². The maximum absolute atomic E-state index is 12.5. The number of hydrogen-bond acceptors (Lipinski definition) is 3. The first-order chi connectivity index (χ1) is 12.8. The molecule has 0 heterocycles. The summed E-state index contributed by atoms with van der Waals surface area (Å²) < 4.78 is 42.6. The molecule has 3 rings (SSSR count). The molecule has 138 valence electrons. The minimum absolute atomic E-state index is 0.175. The summed E-state index contributed by atoms with van der Waals surface area (Å²) in [6.07, 6.45) is -4.45. The molecule has 0 fully saturated rings. The SMILES string of the molecule is O=C(COC(=O)c1cccc2ccccc12)Nc1ccc(C(F)(F)F)cc1. The van der Waals surface area contributed by atoms with Crippen LogP contribution in [0.1, 0.15) is 15.9 Å². The van der Waals surface area contributed by atoms with E-state index in [9.17, 15) is 22.8 Å². The zero-order chi connectivity index (χ0) is 19.4. The van der Waals surface area contributed by atoms with Gasteiger partial charge in [-0.15, -0.1) is 0 Å². The van der Waals surface area contributed by atoms with E-state index in [2.05, 4.69) is 5.32 Å². The summed E-state index contributed by atoms with van der Waals surface area (Å²) >= 11 is 0. The summed E-state index contributed by atoms with van der Waals surface area (Å²) in [6, 6.07) is 16.4. The van der Waals surface area contributed by atoms with Crippen molar-refractivity contribution < 1.29 is 27.5 Å². The molecule has 0 aromatic heterocycles. The van der Waals surface area contributed by atoms with Gasteiger partial charge in [-0.25, -0.2) is 4.79 Å². The Bertz CT molecular complexity index is 976. The van der Waals surface area contributed by atoms with Crippen LogP contribution in [0.25, 0.3) is 10.8 Å². The predicted molar refractivity (Wildman–Crippen MR) is 94.3 cm³/mol. The van der Waals surface area contributed by atoms with E-state index in [4.69, 9.17) is 4.74 Å². The standard InChI is InChI=1S/C20H14F3NO3/c21-20(22,23)14-8-10-15(11-9-14)24-18(25)12-27-19(26)17-7-3-5-13-4-1-2-6-16(13)17/h1-11H,12H2,(H,24,25). The third-order valence-corrected chi connectivity index (χ3v) is 3.84. The van der Waals surface area contributed by atoms with Gasteiger partial charge in [0.25, 0.3) is 5.91 Å². The van der Waals surface area contributed by atoms with Gasteiger partial charge in [-0.2, -0.15) is 13.2 Å². The smallest absolute Gasteiger partial charge is 0.416 e. The molecule has 3 aromatic carbocycles. The van der Waals surface area contributed by atoms with Crippen LogP contribution in [0.15, 0.2) is 66.7 Å². The Labute approximate surface area is 152 Å². The fourth-order valence-electron chi connectivity index (χ4n) is 2.55. The van der Waals surface area contributed by atoms with Gasteiger partial charge < -0.3 is 10.1 Å². The van der Waals surface area contributed by atoms with E-state index < -0.39 is 30.2 Å². The molecule has 1 N–H and O–H groups in total. The highest BCUT2D eigenvalue weighted by Gasteiger charge is 2.30. The molecule has 0 atom stereocenters. The lowest BCUT2D eigenvalue weighted by molar-refractivity contribution is -0.137. The minimum Gasteiger partial charge on any atom is -0.452 e. The molecule has 4 nitrogen and oxygen atoms in total. The Morgan fingerprint density at radius 1 is 0.889 bits per heavy atom. The third kappa shape index (κ3) is 4.44. The number of amides is 1. The Morgan fingerprint density at radius 3 is 2.26 bits per heavy atom. The number of carbonyl (C=O) groups is 2. The van der Waals surface area contributed by atoms with Gasteiger partial charge in [0, 0.05) is 5.69 Å². The van der Waals surface area contributed by atoms with Crippen LogP contribution in [0.2, 0.25) is 0 Å². The number of ether oxygens (including phenoxy) is 1. The van der Waals surface area contributed by atoms with E-state index in [-0.39, 0.29) is 5.69 Å². The number of esters is 1. The second kappa shape index (κ2) is 7.49. The first kappa shape index (κ1) is 18.4. The molecule has 1 amide bonds. The molecule has 0 saturated carbocycles. The second-order valence-corrected chi connectivity index (χ2v) is 5.73. The number of alkyl halides is 3. The summed E-state index contributed by atoms with van der Waals surface area (Å²) in [5.74, 6) is -1.31. The van der Waals surface area contributed by atoms with Crippen molar-refractivity contribution in [2.45, 2.75) is 6.18 Å². The summed E-state index contributed by atoms with van der Waals surface area (Å²) in [4.78, 5) is 24.1. The highest BCUT2D eigenvalue weighted by atomic mass is 19.4. The zero-order valence-corrected chi connectivity index (χ0v) is 13.9. The maximum atomic E-state index is 12.5. The lowest BCUT2D eigenvalue weighted by Crippen LogP contribution is -2.21. The van der Waals surface area contributed by atoms with Crippen molar-refractivity contribution in [3.63, 3.8) is 0 Å². The first-order valence-corrected chi connectivity index (χ1v) is 7.96. The molecule has 0 spiro atoms. The Balaban J connectivity index is 1.61. The van der Waals surface area contributed by atoms with Gasteiger partial charge in [-0.05, 0) is 41.1 Å². The van der Waals surface area contributed by atoms with E-state index in [1.54, 1.807) is 24.3 Å². The number of fused-ring (bicyclic) bond motifs is 1. The molecule has 0 radical (unpaired) electrons. The van der Waals surface area contributed by atoms with Crippen LogP contribution in [0.5, 0.6) is 0 Å². The number of rotatable bonds is 4. The van der Waals surface area contributed by atoms with Crippen molar-refractivity contribution in [3.8, 4) is 0 Å². The van der Waals surface area contributed by atoms with Crippen LogP contribution in [0.4, 0.5) is 18.9 Å². The van der Waals surface area contributed by atoms with Crippen LogP contribution in [0, 0.1) is 0 Å². The average Bonchev–Trinajstić information content (AvgIpc) is 2.65. The molecule has 3 aromatic rings. The van der Waals surface area contributed by atoms with Gasteiger partial charge in [0.05, 0.1) is 11.1 Å². The van der Waals surface area contributed by atoms with E-state index in [0.717, 1.165) is 29.7 Å². The zero-order valence-electron chi connectivity index (χ0n) is 13.9. The Morgan fingerprint density at radius 2 is 1.56 bits per heavy atom. The van der Waals surface area contributed by atoms with Crippen LogP contribution in [0.3, 0.4) is 0 Å². The Kier molecular flexibility index (Phi) is 5.12. The second-order valence-electron chi connectivity index (χ2n) is 5.73. The maximum Gasteiger partial charge on any atom is 0.416 e. The monoisotopic (exact) mass is 373 g/mol. The molecule has 0 aliphatic carbocycles. The number of anilines is 1. The highest BCUT2D eigenvalue weighted by Crippen LogP contribution is 2.29. The molecule has 0 unspecified atom stereocenters. The largest absolute Gasteiger partial charge is 0.452 e. The minimum atomic E-state index is -4.45. The van der Waals surface area contributed by atoms with E-state index in [1.807, 2.05) is 18.2 Å². The molecular formula is C20H14F3NO3. The van der Waals surface area contributed by atoms with E-state index in [0.29, 0.717) is 10.9 Å². The van der Waals surface area contributed by atoms with Gasteiger partial charge in [-0.3, -0.25) is 4.79 Å². The molecule has 0 saturated heterocycles. The topological polar surface area (TPSA) is 55.4 Å². The fourth-order valence-corrected chi connectivity index (χ4v) is 2.55. The molecule has 27 heavy (non-hydrogen) atoms. The van der Waals surface area contributed by atoms with Crippen LogP contribution in [-0.4, -0.2) is 18.5 Å². The third-order valence-electron chi connectivity index (χ3n) is 3.84. The highest BCUT2D eigenvalue weighted by molar-refractivity contribution is 6.05. The average molecular weight is 373 g/mol. The number of halogens is 3. The van der Waals surface area contributed by atoms with Gasteiger partial charge in [0.15, 0.2) is 6.61 Å².